The van der Waals surface area contributed by atoms with Gasteiger partial charge in [0.25, 0.3) is 0 Å². The normalized spacial score (nSPS) is 29.8. The Kier molecular flexibility index (Phi) is 3.66. The largest absolute Gasteiger partial charge is 0.341 e. The minimum absolute atomic E-state index is 0.0466. The molecule has 6 heteroatoms. The second-order valence-corrected chi connectivity index (χ2v) is 8.09. The van der Waals surface area contributed by atoms with Crippen LogP contribution < -0.4 is 5.32 Å². The standard InChI is InChI=1S/C15H17ClN2O2S/c1-15(2)14(16)18-12(20)11(13(18)21-15)17-10(19)8-9-6-4-3-5-7-9/h3-7,11,13-14H,8H2,1-2H3,(H,17,19)/t11-,13-,14-/m1/s1. The summed E-state index contributed by atoms with van der Waals surface area (Å²) in [5, 5.41) is 2.79. The van der Waals surface area contributed by atoms with Crippen molar-refractivity contribution in [1.29, 1.82) is 0 Å². The molecule has 2 aliphatic rings. The number of fused-ring (bicyclic) bond motifs is 1. The van der Waals surface area contributed by atoms with Crippen LogP contribution in [0.4, 0.5) is 0 Å². The topological polar surface area (TPSA) is 49.4 Å². The Balaban J connectivity index is 1.62. The summed E-state index contributed by atoms with van der Waals surface area (Å²) in [7, 11) is 0. The molecule has 3 atom stereocenters. The van der Waals surface area contributed by atoms with Crippen molar-refractivity contribution in [2.45, 2.75) is 41.9 Å². The summed E-state index contributed by atoms with van der Waals surface area (Å²) in [6, 6.07) is 9.05. The van der Waals surface area contributed by atoms with Gasteiger partial charge in [-0.2, -0.15) is 0 Å². The number of carbonyl (C=O) groups excluding carboxylic acids is 2. The zero-order valence-electron chi connectivity index (χ0n) is 11.9. The van der Waals surface area contributed by atoms with E-state index in [1.807, 2.05) is 44.2 Å². The summed E-state index contributed by atoms with van der Waals surface area (Å²) in [6.07, 6.45) is 0.287. The second kappa shape index (κ2) is 5.21. The molecule has 2 fully saturated rings. The lowest BCUT2D eigenvalue weighted by atomic mass is 10.0. The van der Waals surface area contributed by atoms with Gasteiger partial charge in [0.1, 0.15) is 16.9 Å². The Morgan fingerprint density at radius 2 is 2.05 bits per heavy atom. The first-order valence-electron chi connectivity index (χ1n) is 6.87. The lowest BCUT2D eigenvalue weighted by Gasteiger charge is -2.43. The lowest BCUT2D eigenvalue weighted by Crippen LogP contribution is -2.68. The highest BCUT2D eigenvalue weighted by molar-refractivity contribution is 8.01. The monoisotopic (exact) mass is 324 g/mol. The van der Waals surface area contributed by atoms with Crippen molar-refractivity contribution in [2.75, 3.05) is 0 Å². The number of nitrogens with one attached hydrogen (secondary N) is 1. The first-order chi connectivity index (χ1) is 9.90. The zero-order chi connectivity index (χ0) is 15.2. The van der Waals surface area contributed by atoms with Crippen LogP contribution in [0.5, 0.6) is 0 Å². The first kappa shape index (κ1) is 14.7. The average molecular weight is 325 g/mol. The van der Waals surface area contributed by atoms with E-state index in [9.17, 15) is 9.59 Å². The van der Waals surface area contributed by atoms with Crippen LogP contribution in [-0.4, -0.2) is 38.4 Å². The van der Waals surface area contributed by atoms with E-state index >= 15 is 0 Å². The maximum Gasteiger partial charge on any atom is 0.250 e. The van der Waals surface area contributed by atoms with Gasteiger partial charge in [-0.15, -0.1) is 11.8 Å². The third-order valence-electron chi connectivity index (χ3n) is 3.85. The van der Waals surface area contributed by atoms with Gasteiger partial charge in [0.05, 0.1) is 6.42 Å². The van der Waals surface area contributed by atoms with Gasteiger partial charge in [-0.1, -0.05) is 41.9 Å². The van der Waals surface area contributed by atoms with E-state index in [2.05, 4.69) is 5.32 Å². The number of alkyl halides is 1. The number of hydrogen-bond acceptors (Lipinski definition) is 3. The average Bonchev–Trinajstić information content (AvgIpc) is 2.65. The van der Waals surface area contributed by atoms with E-state index in [-0.39, 0.29) is 33.9 Å². The molecule has 0 spiro atoms. The first-order valence-corrected chi connectivity index (χ1v) is 8.19. The fraction of sp³-hybridized carbons (Fsp3) is 0.467. The predicted molar refractivity (Wildman–Crippen MR) is 84.0 cm³/mol. The van der Waals surface area contributed by atoms with Crippen LogP contribution in [0.25, 0.3) is 0 Å². The summed E-state index contributed by atoms with van der Waals surface area (Å²) in [5.41, 5.74) is 0.621. The van der Waals surface area contributed by atoms with Gasteiger partial charge in [-0.05, 0) is 19.4 Å². The van der Waals surface area contributed by atoms with Crippen LogP contribution in [0.2, 0.25) is 0 Å². The highest BCUT2D eigenvalue weighted by Gasteiger charge is 2.61. The number of halogens is 1. The molecule has 3 rings (SSSR count). The van der Waals surface area contributed by atoms with E-state index in [0.29, 0.717) is 0 Å². The molecule has 1 aromatic carbocycles. The maximum absolute atomic E-state index is 12.1. The molecular weight excluding hydrogens is 308 g/mol. The Morgan fingerprint density at radius 1 is 1.38 bits per heavy atom. The third-order valence-corrected chi connectivity index (χ3v) is 6.30. The van der Waals surface area contributed by atoms with Gasteiger partial charge in [-0.3, -0.25) is 9.59 Å². The molecule has 2 amide bonds. The van der Waals surface area contributed by atoms with Crippen molar-refractivity contribution in [1.82, 2.24) is 10.2 Å². The van der Waals surface area contributed by atoms with Crippen LogP contribution in [0.1, 0.15) is 19.4 Å². The SMILES string of the molecule is CC1(C)S[C@@H]2[C@H](NC(=O)Cc3ccccc3)C(=O)N2[C@H]1Cl. The van der Waals surface area contributed by atoms with Gasteiger partial charge in [0.15, 0.2) is 0 Å². The molecule has 112 valence electrons. The molecule has 2 heterocycles. The predicted octanol–water partition coefficient (Wildman–Crippen LogP) is 1.97. The van der Waals surface area contributed by atoms with E-state index in [1.165, 1.54) is 0 Å². The van der Waals surface area contributed by atoms with Crippen molar-refractivity contribution >= 4 is 35.2 Å². The number of thioether (sulfide) groups is 1. The van der Waals surface area contributed by atoms with E-state index in [4.69, 9.17) is 11.6 Å². The van der Waals surface area contributed by atoms with Gasteiger partial charge in [0, 0.05) is 4.75 Å². The van der Waals surface area contributed by atoms with Crippen LogP contribution in [-0.2, 0) is 16.0 Å². The van der Waals surface area contributed by atoms with Crippen LogP contribution in [0, 0.1) is 0 Å². The number of rotatable bonds is 3. The third kappa shape index (κ3) is 2.53. The molecule has 0 unspecified atom stereocenters. The van der Waals surface area contributed by atoms with Gasteiger partial charge < -0.3 is 10.2 Å². The summed E-state index contributed by atoms with van der Waals surface area (Å²) in [5.74, 6) is -0.213. The summed E-state index contributed by atoms with van der Waals surface area (Å²) < 4.78 is -0.194. The van der Waals surface area contributed by atoms with Crippen LogP contribution >= 0.6 is 23.4 Å². The molecule has 2 saturated heterocycles. The number of nitrogens with zero attached hydrogens (tertiary/aromatic N) is 1. The van der Waals surface area contributed by atoms with Crippen molar-refractivity contribution in [3.05, 3.63) is 35.9 Å². The van der Waals surface area contributed by atoms with Crippen molar-refractivity contribution in [2.24, 2.45) is 0 Å². The molecule has 21 heavy (non-hydrogen) atoms. The van der Waals surface area contributed by atoms with E-state index in [1.54, 1.807) is 16.7 Å². The van der Waals surface area contributed by atoms with Gasteiger partial charge in [-0.25, -0.2) is 0 Å². The van der Waals surface area contributed by atoms with Crippen molar-refractivity contribution in [3.63, 3.8) is 0 Å². The summed E-state index contributed by atoms with van der Waals surface area (Å²) >= 11 is 7.94. The molecule has 4 nitrogen and oxygen atoms in total. The van der Waals surface area contributed by atoms with Crippen LogP contribution in [0.15, 0.2) is 30.3 Å². The van der Waals surface area contributed by atoms with Gasteiger partial charge >= 0.3 is 0 Å². The Hall–Kier alpha value is -1.20. The molecule has 0 aromatic heterocycles. The molecule has 0 bridgehead atoms. The molecule has 2 aliphatic heterocycles. The Labute approximate surface area is 133 Å². The molecule has 0 radical (unpaired) electrons. The van der Waals surface area contributed by atoms with Crippen LogP contribution in [0.3, 0.4) is 0 Å². The molecule has 1 aromatic rings. The fourth-order valence-electron chi connectivity index (χ4n) is 2.69. The minimum Gasteiger partial charge on any atom is -0.341 e. The molecular formula is C15H17ClN2O2S. The quantitative estimate of drug-likeness (QED) is 0.525. The number of benzene rings is 1. The molecule has 1 N–H and O–H groups in total. The number of amides is 2. The summed E-state index contributed by atoms with van der Waals surface area (Å²) in [4.78, 5) is 25.9. The van der Waals surface area contributed by atoms with Crippen molar-refractivity contribution < 1.29 is 9.59 Å². The van der Waals surface area contributed by atoms with E-state index < -0.39 is 6.04 Å². The number of carbonyl (C=O) groups is 2. The molecule has 0 aliphatic carbocycles. The Morgan fingerprint density at radius 3 is 2.71 bits per heavy atom. The fourth-order valence-corrected chi connectivity index (χ4v) is 4.64. The highest BCUT2D eigenvalue weighted by atomic mass is 35.5. The van der Waals surface area contributed by atoms with E-state index in [0.717, 1.165) is 5.56 Å². The Bertz CT molecular complexity index is 578. The smallest absolute Gasteiger partial charge is 0.250 e. The lowest BCUT2D eigenvalue weighted by molar-refractivity contribution is -0.148. The minimum atomic E-state index is -0.450. The second-order valence-electron chi connectivity index (χ2n) is 5.90. The number of hydrogen-bond donors (Lipinski definition) is 1. The maximum atomic E-state index is 12.1. The number of β-lactam (4-membered cyclic amide) rings is 1. The summed E-state index contributed by atoms with van der Waals surface area (Å²) in [6.45, 7) is 4.04. The molecule has 0 saturated carbocycles. The zero-order valence-corrected chi connectivity index (χ0v) is 13.4. The van der Waals surface area contributed by atoms with Crippen molar-refractivity contribution in [3.8, 4) is 0 Å². The highest BCUT2D eigenvalue weighted by Crippen LogP contribution is 2.51. The van der Waals surface area contributed by atoms with Gasteiger partial charge in [0.2, 0.25) is 11.8 Å².